The number of aliphatic hydroxyl groups excluding tert-OH is 1. The average Bonchev–Trinajstić information content (AvgIpc) is 2.17. The van der Waals surface area contributed by atoms with Crippen LogP contribution < -0.4 is 4.74 Å². The highest BCUT2D eigenvalue weighted by atomic mass is 16.5. The Morgan fingerprint density at radius 1 is 1.27 bits per heavy atom. The summed E-state index contributed by atoms with van der Waals surface area (Å²) in [5.41, 5.74) is 1.22. The summed E-state index contributed by atoms with van der Waals surface area (Å²) in [7, 11) is 0. The predicted octanol–water partition coefficient (Wildman–Crippen LogP) is 2.79. The molecule has 84 valence electrons. The van der Waals surface area contributed by atoms with Gasteiger partial charge in [-0.2, -0.15) is 0 Å². The Kier molecular flexibility index (Phi) is 4.63. The van der Waals surface area contributed by atoms with Crippen molar-refractivity contribution in [1.29, 1.82) is 0 Å². The number of aryl methyl sites for hydroxylation is 1. The number of aliphatic hydroxyl groups is 1. The van der Waals surface area contributed by atoms with E-state index in [4.69, 9.17) is 4.74 Å². The minimum absolute atomic E-state index is 0.0534. The summed E-state index contributed by atoms with van der Waals surface area (Å²) in [5.74, 6) is 0.938. The van der Waals surface area contributed by atoms with Gasteiger partial charge >= 0.3 is 0 Å². The van der Waals surface area contributed by atoms with Gasteiger partial charge in [0.15, 0.2) is 0 Å². The van der Waals surface area contributed by atoms with Crippen molar-refractivity contribution in [2.24, 2.45) is 0 Å². The molecule has 0 saturated carbocycles. The maximum absolute atomic E-state index is 9.25. The zero-order valence-corrected chi connectivity index (χ0v) is 9.73. The van der Waals surface area contributed by atoms with Crippen LogP contribution >= 0.6 is 0 Å². The molecule has 1 aromatic rings. The second-order valence-electron chi connectivity index (χ2n) is 3.97. The van der Waals surface area contributed by atoms with Crippen LogP contribution in [0.25, 0.3) is 0 Å². The first-order chi connectivity index (χ1) is 7.13. The van der Waals surface area contributed by atoms with Crippen LogP contribution in [-0.4, -0.2) is 17.3 Å². The summed E-state index contributed by atoms with van der Waals surface area (Å²) in [5, 5.41) is 9.25. The van der Waals surface area contributed by atoms with Gasteiger partial charge in [0.25, 0.3) is 0 Å². The van der Waals surface area contributed by atoms with E-state index in [0.29, 0.717) is 6.42 Å². The lowest BCUT2D eigenvalue weighted by Gasteiger charge is -2.18. The van der Waals surface area contributed by atoms with E-state index in [9.17, 15) is 5.11 Å². The van der Waals surface area contributed by atoms with Crippen molar-refractivity contribution in [2.45, 2.75) is 45.8 Å². The van der Waals surface area contributed by atoms with E-state index in [0.717, 1.165) is 12.2 Å². The van der Waals surface area contributed by atoms with E-state index in [-0.39, 0.29) is 12.2 Å². The van der Waals surface area contributed by atoms with Crippen molar-refractivity contribution in [1.82, 2.24) is 0 Å². The van der Waals surface area contributed by atoms with Gasteiger partial charge in [0.05, 0.1) is 12.2 Å². The van der Waals surface area contributed by atoms with E-state index < -0.39 is 0 Å². The van der Waals surface area contributed by atoms with Gasteiger partial charge in [-0.15, -0.1) is 0 Å². The molecule has 0 aromatic heterocycles. The van der Waals surface area contributed by atoms with Crippen molar-refractivity contribution < 1.29 is 9.84 Å². The zero-order valence-electron chi connectivity index (χ0n) is 9.73. The molecule has 0 fully saturated rings. The summed E-state index contributed by atoms with van der Waals surface area (Å²) in [4.78, 5) is 0. The molecule has 2 atom stereocenters. The lowest BCUT2D eigenvalue weighted by Crippen LogP contribution is -2.18. The summed E-state index contributed by atoms with van der Waals surface area (Å²) in [6.45, 7) is 5.88. The highest BCUT2D eigenvalue weighted by Crippen LogP contribution is 2.20. The third-order valence-corrected chi connectivity index (χ3v) is 2.35. The Labute approximate surface area is 91.9 Å². The van der Waals surface area contributed by atoms with E-state index in [1.54, 1.807) is 6.92 Å². The highest BCUT2D eigenvalue weighted by Gasteiger charge is 2.09. The topological polar surface area (TPSA) is 29.5 Å². The molecule has 2 nitrogen and oxygen atoms in total. The molecule has 0 bridgehead atoms. The van der Waals surface area contributed by atoms with E-state index >= 15 is 0 Å². The monoisotopic (exact) mass is 208 g/mol. The van der Waals surface area contributed by atoms with Crippen LogP contribution in [0.2, 0.25) is 0 Å². The third-order valence-electron chi connectivity index (χ3n) is 2.35. The maximum atomic E-state index is 9.25. The van der Waals surface area contributed by atoms with E-state index in [1.807, 2.05) is 25.1 Å². The molecule has 0 radical (unpaired) electrons. The molecule has 2 heteroatoms. The number of rotatable bonds is 5. The minimum Gasteiger partial charge on any atom is -0.490 e. The molecule has 1 rings (SSSR count). The van der Waals surface area contributed by atoms with Crippen molar-refractivity contribution >= 4 is 0 Å². The van der Waals surface area contributed by atoms with Crippen LogP contribution in [0.4, 0.5) is 0 Å². The fourth-order valence-corrected chi connectivity index (χ4v) is 1.66. The lowest BCUT2D eigenvalue weighted by atomic mass is 10.1. The largest absolute Gasteiger partial charge is 0.490 e. The SMILES string of the molecule is CCc1ccccc1OC(C)CC(C)O. The minimum atomic E-state index is -0.311. The molecule has 0 heterocycles. The van der Waals surface area contributed by atoms with Gasteiger partial charge in [-0.1, -0.05) is 25.1 Å². The second-order valence-corrected chi connectivity index (χ2v) is 3.97. The summed E-state index contributed by atoms with van der Waals surface area (Å²) in [6, 6.07) is 8.05. The summed E-state index contributed by atoms with van der Waals surface area (Å²) >= 11 is 0. The van der Waals surface area contributed by atoms with Crippen LogP contribution in [0, 0.1) is 0 Å². The number of hydrogen-bond donors (Lipinski definition) is 1. The van der Waals surface area contributed by atoms with Crippen molar-refractivity contribution in [3.05, 3.63) is 29.8 Å². The molecule has 2 unspecified atom stereocenters. The van der Waals surface area contributed by atoms with Crippen LogP contribution in [0.5, 0.6) is 5.75 Å². The molecule has 0 spiro atoms. The van der Waals surface area contributed by atoms with Crippen LogP contribution in [0.3, 0.4) is 0 Å². The predicted molar refractivity (Wildman–Crippen MR) is 62.2 cm³/mol. The highest BCUT2D eigenvalue weighted by molar-refractivity contribution is 5.33. The first-order valence-corrected chi connectivity index (χ1v) is 5.56. The molecule has 1 aromatic carbocycles. The molecule has 1 N–H and O–H groups in total. The number of para-hydroxylation sites is 1. The van der Waals surface area contributed by atoms with Crippen LogP contribution in [0.15, 0.2) is 24.3 Å². The van der Waals surface area contributed by atoms with Crippen LogP contribution in [-0.2, 0) is 6.42 Å². The van der Waals surface area contributed by atoms with Crippen molar-refractivity contribution in [2.75, 3.05) is 0 Å². The number of benzene rings is 1. The maximum Gasteiger partial charge on any atom is 0.122 e. The molecule has 0 saturated heterocycles. The molecule has 0 aliphatic carbocycles. The van der Waals surface area contributed by atoms with E-state index in [2.05, 4.69) is 13.0 Å². The molecular formula is C13H20O2. The molecule has 0 aliphatic rings. The number of ether oxygens (including phenoxy) is 1. The van der Waals surface area contributed by atoms with Gasteiger partial charge in [0.2, 0.25) is 0 Å². The summed E-state index contributed by atoms with van der Waals surface area (Å²) in [6.07, 6.45) is 1.38. The zero-order chi connectivity index (χ0) is 11.3. The Morgan fingerprint density at radius 3 is 2.53 bits per heavy atom. The van der Waals surface area contributed by atoms with Crippen LogP contribution in [0.1, 0.15) is 32.8 Å². The van der Waals surface area contributed by atoms with Gasteiger partial charge in [-0.25, -0.2) is 0 Å². The second kappa shape index (κ2) is 5.76. The lowest BCUT2D eigenvalue weighted by molar-refractivity contribution is 0.115. The first-order valence-electron chi connectivity index (χ1n) is 5.56. The first kappa shape index (κ1) is 12.1. The number of hydrogen-bond acceptors (Lipinski definition) is 2. The smallest absolute Gasteiger partial charge is 0.122 e. The fraction of sp³-hybridized carbons (Fsp3) is 0.538. The average molecular weight is 208 g/mol. The van der Waals surface area contributed by atoms with Gasteiger partial charge in [0.1, 0.15) is 5.75 Å². The van der Waals surface area contributed by atoms with Crippen molar-refractivity contribution in [3.8, 4) is 5.75 Å². The standard InChI is InChI=1S/C13H20O2/c1-4-12-7-5-6-8-13(12)15-11(3)9-10(2)14/h5-8,10-11,14H,4,9H2,1-3H3. The van der Waals surface area contributed by atoms with Crippen molar-refractivity contribution in [3.63, 3.8) is 0 Å². The molecular weight excluding hydrogens is 188 g/mol. The molecule has 0 amide bonds. The Bertz CT molecular complexity index is 294. The normalized spacial score (nSPS) is 14.7. The quantitative estimate of drug-likeness (QED) is 0.806. The van der Waals surface area contributed by atoms with Gasteiger partial charge < -0.3 is 9.84 Å². The molecule has 0 aliphatic heterocycles. The van der Waals surface area contributed by atoms with E-state index in [1.165, 1.54) is 5.56 Å². The van der Waals surface area contributed by atoms with Gasteiger partial charge in [-0.3, -0.25) is 0 Å². The molecule has 15 heavy (non-hydrogen) atoms. The van der Waals surface area contributed by atoms with Gasteiger partial charge in [-0.05, 0) is 31.9 Å². The Hall–Kier alpha value is -1.02. The Morgan fingerprint density at radius 2 is 1.93 bits per heavy atom. The summed E-state index contributed by atoms with van der Waals surface area (Å²) < 4.78 is 5.79. The third kappa shape index (κ3) is 3.92. The Balaban J connectivity index is 2.63. The fourth-order valence-electron chi connectivity index (χ4n) is 1.66. The van der Waals surface area contributed by atoms with Gasteiger partial charge in [0, 0.05) is 6.42 Å².